The van der Waals surface area contributed by atoms with Crippen molar-refractivity contribution in [2.24, 2.45) is 0 Å². The van der Waals surface area contributed by atoms with Crippen LogP contribution in [0.1, 0.15) is 19.4 Å². The molecule has 0 aliphatic heterocycles. The molecule has 1 rings (SSSR count). The monoisotopic (exact) mass is 196 g/mol. The van der Waals surface area contributed by atoms with Crippen LogP contribution in [0, 0.1) is 0 Å². The van der Waals surface area contributed by atoms with Gasteiger partial charge in [-0.1, -0.05) is 6.92 Å². The standard InChI is InChI=1S/C9H16N4O/c1-4-7-5-11-13-8(7)12-9(14)6(2)10-3/h5-6,10H,4H2,1-3H3,(H2,11,12,13,14)/t6-/m0/s1. The van der Waals surface area contributed by atoms with Crippen molar-refractivity contribution >= 4 is 11.7 Å². The van der Waals surface area contributed by atoms with Crippen molar-refractivity contribution in [2.45, 2.75) is 26.3 Å². The summed E-state index contributed by atoms with van der Waals surface area (Å²) in [5.41, 5.74) is 1.02. The number of aryl methyl sites for hydroxylation is 1. The minimum Gasteiger partial charge on any atom is -0.309 e. The highest BCUT2D eigenvalue weighted by Gasteiger charge is 2.12. The Labute approximate surface area is 83.3 Å². The average Bonchev–Trinajstić information content (AvgIpc) is 2.63. The van der Waals surface area contributed by atoms with Gasteiger partial charge in [0.05, 0.1) is 12.2 Å². The van der Waals surface area contributed by atoms with Crippen LogP contribution in [0.5, 0.6) is 0 Å². The van der Waals surface area contributed by atoms with Gasteiger partial charge in [0, 0.05) is 5.56 Å². The second kappa shape index (κ2) is 4.76. The summed E-state index contributed by atoms with van der Waals surface area (Å²) in [5, 5.41) is 12.3. The number of aromatic nitrogens is 2. The van der Waals surface area contributed by atoms with Crippen molar-refractivity contribution in [1.82, 2.24) is 15.5 Å². The fourth-order valence-electron chi connectivity index (χ4n) is 1.05. The van der Waals surface area contributed by atoms with Gasteiger partial charge in [-0.3, -0.25) is 9.89 Å². The molecule has 5 heteroatoms. The maximum Gasteiger partial charge on any atom is 0.242 e. The Morgan fingerprint density at radius 2 is 2.43 bits per heavy atom. The van der Waals surface area contributed by atoms with E-state index in [0.29, 0.717) is 5.82 Å². The van der Waals surface area contributed by atoms with Crippen LogP contribution in [-0.4, -0.2) is 29.2 Å². The Kier molecular flexibility index (Phi) is 3.64. The summed E-state index contributed by atoms with van der Waals surface area (Å²) in [6.45, 7) is 3.82. The molecule has 3 N–H and O–H groups in total. The molecule has 1 atom stereocenters. The minimum atomic E-state index is -0.206. The Balaban J connectivity index is 2.64. The van der Waals surface area contributed by atoms with Crippen LogP contribution in [0.4, 0.5) is 5.82 Å². The zero-order valence-corrected chi connectivity index (χ0v) is 8.72. The lowest BCUT2D eigenvalue weighted by Gasteiger charge is -2.10. The first-order chi connectivity index (χ1) is 6.69. The molecule has 1 heterocycles. The highest BCUT2D eigenvalue weighted by Crippen LogP contribution is 2.11. The first kappa shape index (κ1) is 10.7. The van der Waals surface area contributed by atoms with E-state index in [0.717, 1.165) is 12.0 Å². The van der Waals surface area contributed by atoms with E-state index in [9.17, 15) is 4.79 Å². The Morgan fingerprint density at radius 1 is 1.71 bits per heavy atom. The number of hydrogen-bond donors (Lipinski definition) is 3. The normalized spacial score (nSPS) is 12.5. The van der Waals surface area contributed by atoms with Crippen molar-refractivity contribution in [3.63, 3.8) is 0 Å². The molecule has 5 nitrogen and oxygen atoms in total. The van der Waals surface area contributed by atoms with Crippen molar-refractivity contribution < 1.29 is 4.79 Å². The third-order valence-corrected chi connectivity index (χ3v) is 2.17. The van der Waals surface area contributed by atoms with Gasteiger partial charge >= 0.3 is 0 Å². The number of rotatable bonds is 4. The van der Waals surface area contributed by atoms with E-state index in [1.807, 2.05) is 6.92 Å². The van der Waals surface area contributed by atoms with Crippen LogP contribution >= 0.6 is 0 Å². The summed E-state index contributed by atoms with van der Waals surface area (Å²) in [6, 6.07) is -0.206. The van der Waals surface area contributed by atoms with Gasteiger partial charge in [0.15, 0.2) is 0 Å². The predicted octanol–water partition coefficient (Wildman–Crippen LogP) is 0.518. The summed E-state index contributed by atoms with van der Waals surface area (Å²) in [7, 11) is 1.75. The van der Waals surface area contributed by atoms with E-state index in [4.69, 9.17) is 0 Å². The van der Waals surface area contributed by atoms with E-state index in [1.165, 1.54) is 0 Å². The molecular weight excluding hydrogens is 180 g/mol. The highest BCUT2D eigenvalue weighted by atomic mass is 16.2. The van der Waals surface area contributed by atoms with E-state index in [-0.39, 0.29) is 11.9 Å². The van der Waals surface area contributed by atoms with E-state index in [2.05, 4.69) is 20.8 Å². The summed E-state index contributed by atoms with van der Waals surface area (Å²) in [6.07, 6.45) is 2.57. The molecule has 0 saturated heterocycles. The molecule has 0 radical (unpaired) electrons. The number of likely N-dealkylation sites (N-methyl/N-ethyl adjacent to an activating group) is 1. The minimum absolute atomic E-state index is 0.0635. The quantitative estimate of drug-likeness (QED) is 0.657. The molecule has 1 amide bonds. The molecule has 0 unspecified atom stereocenters. The summed E-state index contributed by atoms with van der Waals surface area (Å²) >= 11 is 0. The predicted molar refractivity (Wildman–Crippen MR) is 55.1 cm³/mol. The number of carbonyl (C=O) groups is 1. The van der Waals surface area contributed by atoms with Gasteiger partial charge in [-0.05, 0) is 20.4 Å². The molecule has 1 aromatic heterocycles. The van der Waals surface area contributed by atoms with Gasteiger partial charge < -0.3 is 10.6 Å². The number of H-pyrrole nitrogens is 1. The fourth-order valence-corrected chi connectivity index (χ4v) is 1.05. The molecule has 78 valence electrons. The molecule has 0 aliphatic rings. The first-order valence-corrected chi connectivity index (χ1v) is 4.69. The third-order valence-electron chi connectivity index (χ3n) is 2.17. The Morgan fingerprint density at radius 3 is 3.00 bits per heavy atom. The van der Waals surface area contributed by atoms with Gasteiger partial charge in [-0.25, -0.2) is 0 Å². The number of carbonyl (C=O) groups excluding carboxylic acids is 1. The lowest BCUT2D eigenvalue weighted by atomic mass is 10.2. The molecule has 1 aromatic rings. The van der Waals surface area contributed by atoms with Gasteiger partial charge in [0.2, 0.25) is 5.91 Å². The van der Waals surface area contributed by atoms with Crippen molar-refractivity contribution in [2.75, 3.05) is 12.4 Å². The number of aromatic amines is 1. The highest BCUT2D eigenvalue weighted by molar-refractivity contribution is 5.94. The number of anilines is 1. The zero-order chi connectivity index (χ0) is 10.6. The Bertz CT molecular complexity index is 308. The molecule has 0 aliphatic carbocycles. The van der Waals surface area contributed by atoms with Crippen LogP contribution in [0.2, 0.25) is 0 Å². The summed E-state index contributed by atoms with van der Waals surface area (Å²) < 4.78 is 0. The fraction of sp³-hybridized carbons (Fsp3) is 0.556. The van der Waals surface area contributed by atoms with Gasteiger partial charge in [0.25, 0.3) is 0 Å². The van der Waals surface area contributed by atoms with Crippen molar-refractivity contribution in [1.29, 1.82) is 0 Å². The van der Waals surface area contributed by atoms with Crippen LogP contribution in [-0.2, 0) is 11.2 Å². The van der Waals surface area contributed by atoms with E-state index < -0.39 is 0 Å². The SMILES string of the molecule is CCc1cn[nH]c1NC(=O)[C@H](C)NC. The largest absolute Gasteiger partial charge is 0.309 e. The molecule has 0 fully saturated rings. The number of nitrogens with zero attached hydrogens (tertiary/aromatic N) is 1. The van der Waals surface area contributed by atoms with E-state index in [1.54, 1.807) is 20.2 Å². The molecule has 0 saturated carbocycles. The molecule has 0 spiro atoms. The maximum absolute atomic E-state index is 11.5. The summed E-state index contributed by atoms with van der Waals surface area (Å²) in [4.78, 5) is 11.5. The number of nitrogens with one attached hydrogen (secondary N) is 3. The van der Waals surface area contributed by atoms with Crippen LogP contribution in [0.3, 0.4) is 0 Å². The van der Waals surface area contributed by atoms with Gasteiger partial charge in [0.1, 0.15) is 5.82 Å². The summed E-state index contributed by atoms with van der Waals surface area (Å²) in [5.74, 6) is 0.631. The zero-order valence-electron chi connectivity index (χ0n) is 8.72. The number of hydrogen-bond acceptors (Lipinski definition) is 3. The molecule has 0 aromatic carbocycles. The number of amides is 1. The van der Waals surface area contributed by atoms with E-state index >= 15 is 0 Å². The van der Waals surface area contributed by atoms with Crippen LogP contribution in [0.25, 0.3) is 0 Å². The lowest BCUT2D eigenvalue weighted by Crippen LogP contribution is -2.35. The average molecular weight is 196 g/mol. The molecule has 14 heavy (non-hydrogen) atoms. The van der Waals surface area contributed by atoms with Gasteiger partial charge in [-0.15, -0.1) is 0 Å². The second-order valence-corrected chi connectivity index (χ2v) is 3.12. The smallest absolute Gasteiger partial charge is 0.242 e. The second-order valence-electron chi connectivity index (χ2n) is 3.12. The topological polar surface area (TPSA) is 69.8 Å². The van der Waals surface area contributed by atoms with Crippen LogP contribution < -0.4 is 10.6 Å². The van der Waals surface area contributed by atoms with Crippen molar-refractivity contribution in [3.05, 3.63) is 11.8 Å². The van der Waals surface area contributed by atoms with Gasteiger partial charge in [-0.2, -0.15) is 5.10 Å². The molecule has 0 bridgehead atoms. The van der Waals surface area contributed by atoms with Crippen molar-refractivity contribution in [3.8, 4) is 0 Å². The third kappa shape index (κ3) is 2.32. The Hall–Kier alpha value is -1.36. The molecular formula is C9H16N4O. The lowest BCUT2D eigenvalue weighted by molar-refractivity contribution is -0.117. The first-order valence-electron chi connectivity index (χ1n) is 4.69. The maximum atomic E-state index is 11.5. The van der Waals surface area contributed by atoms with Crippen LogP contribution in [0.15, 0.2) is 6.20 Å².